The molecule has 0 saturated heterocycles. The van der Waals surface area contributed by atoms with Crippen molar-refractivity contribution in [2.45, 2.75) is 40.7 Å². The molecule has 0 spiro atoms. The Balaban J connectivity index is 2.67. The first-order chi connectivity index (χ1) is 8.99. The largest absolute Gasteiger partial charge is 0.369 e. The second kappa shape index (κ2) is 7.59. The van der Waals surface area contributed by atoms with Gasteiger partial charge in [-0.05, 0) is 27.7 Å². The van der Waals surface area contributed by atoms with Crippen LogP contribution in [0.3, 0.4) is 0 Å². The molecule has 6 heteroatoms. The van der Waals surface area contributed by atoms with Crippen molar-refractivity contribution in [3.8, 4) is 0 Å². The highest BCUT2D eigenvalue weighted by Crippen LogP contribution is 2.10. The molecule has 1 atom stereocenters. The molecule has 0 radical (unpaired) electrons. The normalized spacial score (nSPS) is 13.2. The summed E-state index contributed by atoms with van der Waals surface area (Å²) in [6.45, 7) is 9.57. The molecule has 0 aliphatic carbocycles. The van der Waals surface area contributed by atoms with Crippen LogP contribution in [-0.2, 0) is 20.9 Å². The van der Waals surface area contributed by atoms with Crippen molar-refractivity contribution in [2.24, 2.45) is 0 Å². The predicted molar refractivity (Wildman–Crippen MR) is 72.6 cm³/mol. The van der Waals surface area contributed by atoms with E-state index in [1.807, 2.05) is 25.7 Å². The Bertz CT molecular complexity index is 393. The Morgan fingerprint density at radius 3 is 2.37 bits per heavy atom. The number of hydrogen-bond donors (Lipinski definition) is 0. The van der Waals surface area contributed by atoms with Crippen molar-refractivity contribution >= 4 is 0 Å². The van der Waals surface area contributed by atoms with Crippen LogP contribution in [0.5, 0.6) is 0 Å². The van der Waals surface area contributed by atoms with Crippen LogP contribution in [0.1, 0.15) is 24.1 Å². The van der Waals surface area contributed by atoms with Crippen molar-refractivity contribution in [1.82, 2.24) is 14.5 Å². The molecule has 19 heavy (non-hydrogen) atoms. The molecule has 0 aromatic carbocycles. The maximum Gasteiger partial charge on any atom is 0.156 e. The third kappa shape index (κ3) is 4.58. The highest BCUT2D eigenvalue weighted by Gasteiger charge is 2.13. The van der Waals surface area contributed by atoms with E-state index in [1.165, 1.54) is 5.69 Å². The van der Waals surface area contributed by atoms with Crippen LogP contribution in [0.25, 0.3) is 0 Å². The molecule has 1 aromatic rings. The smallest absolute Gasteiger partial charge is 0.156 e. The topological polar surface area (TPSA) is 48.8 Å². The Morgan fingerprint density at radius 1 is 1.21 bits per heavy atom. The SMILES string of the molecule is COCN(COC(C)OC)Cn1c(C)nc(C)c1C. The third-order valence-corrected chi connectivity index (χ3v) is 3.13. The number of aromatic nitrogens is 2. The highest BCUT2D eigenvalue weighted by atomic mass is 16.7. The first kappa shape index (κ1) is 16.1. The molecule has 6 nitrogen and oxygen atoms in total. The van der Waals surface area contributed by atoms with E-state index in [0.717, 1.165) is 11.5 Å². The zero-order valence-corrected chi connectivity index (χ0v) is 12.8. The van der Waals surface area contributed by atoms with Crippen LogP contribution in [0.15, 0.2) is 0 Å². The molecule has 1 aromatic heterocycles. The van der Waals surface area contributed by atoms with E-state index in [9.17, 15) is 0 Å². The van der Waals surface area contributed by atoms with Gasteiger partial charge >= 0.3 is 0 Å². The number of methoxy groups -OCH3 is 2. The van der Waals surface area contributed by atoms with E-state index in [1.54, 1.807) is 14.2 Å². The first-order valence-electron chi connectivity index (χ1n) is 6.35. The molecular formula is C13H25N3O3. The maximum atomic E-state index is 5.55. The summed E-state index contributed by atoms with van der Waals surface area (Å²) < 4.78 is 18.0. The molecule has 0 fully saturated rings. The van der Waals surface area contributed by atoms with Gasteiger partial charge in [0.1, 0.15) is 19.3 Å². The molecule has 0 amide bonds. The molecule has 0 N–H and O–H groups in total. The van der Waals surface area contributed by atoms with Crippen molar-refractivity contribution in [2.75, 3.05) is 27.7 Å². The fourth-order valence-corrected chi connectivity index (χ4v) is 1.81. The maximum absolute atomic E-state index is 5.55. The van der Waals surface area contributed by atoms with Gasteiger partial charge in [0.15, 0.2) is 6.29 Å². The number of aryl methyl sites for hydroxylation is 2. The summed E-state index contributed by atoms with van der Waals surface area (Å²) in [4.78, 5) is 6.50. The Hall–Kier alpha value is -0.950. The van der Waals surface area contributed by atoms with E-state index in [2.05, 4.69) is 16.5 Å². The van der Waals surface area contributed by atoms with E-state index in [4.69, 9.17) is 14.2 Å². The Kier molecular flexibility index (Phi) is 6.44. The van der Waals surface area contributed by atoms with E-state index < -0.39 is 0 Å². The van der Waals surface area contributed by atoms with Crippen LogP contribution in [0, 0.1) is 20.8 Å². The molecule has 110 valence electrons. The summed E-state index contributed by atoms with van der Waals surface area (Å²) in [6, 6.07) is 0. The van der Waals surface area contributed by atoms with Gasteiger partial charge in [-0.2, -0.15) is 0 Å². The second-order valence-corrected chi connectivity index (χ2v) is 4.59. The summed E-state index contributed by atoms with van der Waals surface area (Å²) in [5.74, 6) is 0.996. The minimum absolute atomic E-state index is 0.230. The Labute approximate surface area is 115 Å². The van der Waals surface area contributed by atoms with Gasteiger partial charge < -0.3 is 18.8 Å². The summed E-state index contributed by atoms with van der Waals surface area (Å²) in [7, 11) is 3.30. The summed E-state index contributed by atoms with van der Waals surface area (Å²) >= 11 is 0. The van der Waals surface area contributed by atoms with Crippen molar-refractivity contribution in [1.29, 1.82) is 0 Å². The quantitative estimate of drug-likeness (QED) is 0.673. The van der Waals surface area contributed by atoms with E-state index in [0.29, 0.717) is 20.1 Å². The molecule has 0 saturated carbocycles. The van der Waals surface area contributed by atoms with Crippen molar-refractivity contribution in [3.63, 3.8) is 0 Å². The third-order valence-electron chi connectivity index (χ3n) is 3.13. The molecule has 0 aliphatic rings. The molecular weight excluding hydrogens is 246 g/mol. The lowest BCUT2D eigenvalue weighted by Crippen LogP contribution is -2.33. The molecule has 1 unspecified atom stereocenters. The van der Waals surface area contributed by atoms with Gasteiger partial charge in [-0.15, -0.1) is 0 Å². The zero-order chi connectivity index (χ0) is 14.4. The van der Waals surface area contributed by atoms with Gasteiger partial charge in [0.25, 0.3) is 0 Å². The van der Waals surface area contributed by atoms with Gasteiger partial charge in [0.2, 0.25) is 0 Å². The highest BCUT2D eigenvalue weighted by molar-refractivity contribution is 5.13. The number of ether oxygens (including phenoxy) is 3. The van der Waals surface area contributed by atoms with Gasteiger partial charge in [-0.1, -0.05) is 0 Å². The zero-order valence-electron chi connectivity index (χ0n) is 12.8. The predicted octanol–water partition coefficient (Wildman–Crippen LogP) is 1.64. The number of nitrogens with zero attached hydrogens (tertiary/aromatic N) is 3. The van der Waals surface area contributed by atoms with Crippen LogP contribution >= 0.6 is 0 Å². The van der Waals surface area contributed by atoms with Crippen LogP contribution in [0.4, 0.5) is 0 Å². The molecule has 0 bridgehead atoms. The van der Waals surface area contributed by atoms with Gasteiger partial charge in [0, 0.05) is 19.9 Å². The lowest BCUT2D eigenvalue weighted by molar-refractivity contribution is -0.158. The minimum atomic E-state index is -0.230. The summed E-state index contributed by atoms with van der Waals surface area (Å²) in [5, 5.41) is 0. The monoisotopic (exact) mass is 271 g/mol. The van der Waals surface area contributed by atoms with Crippen molar-refractivity contribution < 1.29 is 14.2 Å². The average Bonchev–Trinajstić information content (AvgIpc) is 2.62. The van der Waals surface area contributed by atoms with Crippen LogP contribution in [0.2, 0.25) is 0 Å². The van der Waals surface area contributed by atoms with Gasteiger partial charge in [-0.3, -0.25) is 0 Å². The average molecular weight is 271 g/mol. The van der Waals surface area contributed by atoms with Crippen molar-refractivity contribution in [3.05, 3.63) is 17.2 Å². The lowest BCUT2D eigenvalue weighted by Gasteiger charge is -2.24. The second-order valence-electron chi connectivity index (χ2n) is 4.59. The molecule has 1 rings (SSSR count). The molecule has 1 heterocycles. The van der Waals surface area contributed by atoms with Gasteiger partial charge in [0.05, 0.1) is 12.4 Å². The lowest BCUT2D eigenvalue weighted by atomic mass is 10.4. The van der Waals surface area contributed by atoms with E-state index >= 15 is 0 Å². The fourth-order valence-electron chi connectivity index (χ4n) is 1.81. The summed E-state index contributed by atoms with van der Waals surface area (Å²) in [6.07, 6.45) is -0.230. The Morgan fingerprint density at radius 2 is 1.89 bits per heavy atom. The minimum Gasteiger partial charge on any atom is -0.369 e. The number of imidazole rings is 1. The van der Waals surface area contributed by atoms with Crippen LogP contribution < -0.4 is 0 Å². The fraction of sp³-hybridized carbons (Fsp3) is 0.769. The number of rotatable bonds is 8. The standard InChI is InChI=1S/C13H25N3O3/c1-10-11(2)16(12(3)14-10)7-15(8-17-5)9-19-13(4)18-6/h13H,7-9H2,1-6H3. The van der Waals surface area contributed by atoms with Crippen LogP contribution in [-0.4, -0.2) is 48.4 Å². The molecule has 0 aliphatic heterocycles. The number of hydrogen-bond acceptors (Lipinski definition) is 5. The summed E-state index contributed by atoms with van der Waals surface area (Å²) in [5.41, 5.74) is 2.22. The first-order valence-corrected chi connectivity index (χ1v) is 6.35. The van der Waals surface area contributed by atoms with E-state index in [-0.39, 0.29) is 6.29 Å². The van der Waals surface area contributed by atoms with Gasteiger partial charge in [-0.25, -0.2) is 9.88 Å².